The van der Waals surface area contributed by atoms with Gasteiger partial charge in [0.15, 0.2) is 11.4 Å². The lowest BCUT2D eigenvalue weighted by atomic mass is 10.0. The van der Waals surface area contributed by atoms with E-state index in [1.807, 2.05) is 0 Å². The lowest BCUT2D eigenvalue weighted by Gasteiger charge is -2.13. The van der Waals surface area contributed by atoms with E-state index in [1.54, 1.807) is 0 Å². The zero-order valence-electron chi connectivity index (χ0n) is 8.22. The summed E-state index contributed by atoms with van der Waals surface area (Å²) in [4.78, 5) is 11.5. The number of hydrogen-bond donors (Lipinski definition) is 2. The standard InChI is InChI=1S/C9H14O6/c10-1-7(11)8(12)9(5-15-9)4-13-2-6-3-14-6/h6-7,10-11H,1-5H2. The number of carbonyl (C=O) groups is 1. The first-order chi connectivity index (χ1) is 7.18. The summed E-state index contributed by atoms with van der Waals surface area (Å²) in [5.74, 6) is -0.512. The second-order valence-corrected chi connectivity index (χ2v) is 3.82. The second-order valence-electron chi connectivity index (χ2n) is 3.82. The molecule has 15 heavy (non-hydrogen) atoms. The Morgan fingerprint density at radius 1 is 1.67 bits per heavy atom. The van der Waals surface area contributed by atoms with Gasteiger partial charge in [0, 0.05) is 0 Å². The first-order valence-electron chi connectivity index (χ1n) is 4.84. The highest BCUT2D eigenvalue weighted by Crippen LogP contribution is 2.30. The number of rotatable bonds is 7. The fourth-order valence-electron chi connectivity index (χ4n) is 1.29. The van der Waals surface area contributed by atoms with Crippen LogP contribution in [0.25, 0.3) is 0 Å². The van der Waals surface area contributed by atoms with Crippen LogP contribution in [0.2, 0.25) is 0 Å². The predicted octanol–water partition coefficient (Wildman–Crippen LogP) is -1.91. The molecule has 0 aromatic heterocycles. The van der Waals surface area contributed by atoms with Gasteiger partial charge in [-0.2, -0.15) is 0 Å². The Labute approximate surface area is 86.7 Å². The van der Waals surface area contributed by atoms with Gasteiger partial charge in [-0.05, 0) is 0 Å². The van der Waals surface area contributed by atoms with E-state index in [0.717, 1.165) is 0 Å². The summed E-state index contributed by atoms with van der Waals surface area (Å²) >= 11 is 0. The van der Waals surface area contributed by atoms with Crippen LogP contribution in [0.3, 0.4) is 0 Å². The summed E-state index contributed by atoms with van der Waals surface area (Å²) in [5, 5.41) is 17.8. The molecule has 2 heterocycles. The number of Topliss-reactive ketones (excluding diaryl/α,β-unsaturated/α-hetero) is 1. The second kappa shape index (κ2) is 4.15. The minimum atomic E-state index is -1.38. The molecule has 0 spiro atoms. The Morgan fingerprint density at radius 3 is 2.80 bits per heavy atom. The summed E-state index contributed by atoms with van der Waals surface area (Å²) in [6.07, 6.45) is -1.24. The van der Waals surface area contributed by atoms with Crippen molar-refractivity contribution in [2.45, 2.75) is 17.8 Å². The van der Waals surface area contributed by atoms with Crippen LogP contribution in [0.4, 0.5) is 0 Å². The van der Waals surface area contributed by atoms with E-state index in [4.69, 9.17) is 24.4 Å². The zero-order valence-corrected chi connectivity index (χ0v) is 8.22. The van der Waals surface area contributed by atoms with Gasteiger partial charge in [0.25, 0.3) is 0 Å². The molecule has 0 aliphatic carbocycles. The van der Waals surface area contributed by atoms with Crippen LogP contribution >= 0.6 is 0 Å². The molecule has 2 rings (SSSR count). The average Bonchev–Trinajstić information content (AvgIpc) is 3.10. The summed E-state index contributed by atoms with van der Waals surface area (Å²) in [7, 11) is 0. The van der Waals surface area contributed by atoms with Gasteiger partial charge in [0.05, 0.1) is 33.0 Å². The van der Waals surface area contributed by atoms with Crippen LogP contribution in [0.15, 0.2) is 0 Å². The van der Waals surface area contributed by atoms with E-state index >= 15 is 0 Å². The third-order valence-corrected chi connectivity index (χ3v) is 2.46. The first kappa shape index (κ1) is 11.0. The molecule has 0 aromatic rings. The Morgan fingerprint density at radius 2 is 2.33 bits per heavy atom. The van der Waals surface area contributed by atoms with Crippen molar-refractivity contribution in [3.05, 3.63) is 0 Å². The van der Waals surface area contributed by atoms with Gasteiger partial charge >= 0.3 is 0 Å². The molecule has 2 saturated heterocycles. The molecule has 3 atom stereocenters. The summed E-state index contributed by atoms with van der Waals surface area (Å²) in [5.41, 5.74) is -1.03. The molecule has 2 aliphatic rings. The number of ketones is 1. The van der Waals surface area contributed by atoms with Crippen molar-refractivity contribution < 1.29 is 29.2 Å². The largest absolute Gasteiger partial charge is 0.393 e. The molecule has 2 N–H and O–H groups in total. The number of ether oxygens (including phenoxy) is 3. The normalized spacial score (nSPS) is 34.9. The fraction of sp³-hybridized carbons (Fsp3) is 0.889. The van der Waals surface area contributed by atoms with E-state index in [-0.39, 0.29) is 19.3 Å². The van der Waals surface area contributed by atoms with Gasteiger partial charge in [0.2, 0.25) is 0 Å². The topological polar surface area (TPSA) is 91.8 Å². The van der Waals surface area contributed by atoms with Crippen molar-refractivity contribution in [1.29, 1.82) is 0 Å². The molecule has 0 amide bonds. The monoisotopic (exact) mass is 218 g/mol. The molecule has 86 valence electrons. The van der Waals surface area contributed by atoms with Crippen LogP contribution in [-0.4, -0.2) is 66.8 Å². The number of aliphatic hydroxyl groups excluding tert-OH is 2. The number of carbonyl (C=O) groups excluding carboxylic acids is 1. The average molecular weight is 218 g/mol. The SMILES string of the molecule is O=C(C(O)CO)C1(COCC2CO2)CO1. The number of epoxide rings is 2. The molecule has 2 fully saturated rings. The van der Waals surface area contributed by atoms with E-state index in [0.29, 0.717) is 13.2 Å². The first-order valence-corrected chi connectivity index (χ1v) is 4.84. The minimum absolute atomic E-state index is 0.114. The smallest absolute Gasteiger partial charge is 0.200 e. The van der Waals surface area contributed by atoms with Gasteiger partial charge in [-0.25, -0.2) is 0 Å². The quantitative estimate of drug-likeness (QED) is 0.485. The van der Waals surface area contributed by atoms with Crippen molar-refractivity contribution in [1.82, 2.24) is 0 Å². The fourth-order valence-corrected chi connectivity index (χ4v) is 1.29. The van der Waals surface area contributed by atoms with Gasteiger partial charge in [-0.1, -0.05) is 0 Å². The predicted molar refractivity (Wildman–Crippen MR) is 47.3 cm³/mol. The molecule has 6 heteroatoms. The van der Waals surface area contributed by atoms with Crippen LogP contribution in [0.1, 0.15) is 0 Å². The van der Waals surface area contributed by atoms with Crippen molar-refractivity contribution in [3.63, 3.8) is 0 Å². The number of hydrogen-bond acceptors (Lipinski definition) is 6. The maximum Gasteiger partial charge on any atom is 0.200 e. The zero-order chi connectivity index (χ0) is 10.9. The van der Waals surface area contributed by atoms with Crippen molar-refractivity contribution in [2.75, 3.05) is 33.0 Å². The van der Waals surface area contributed by atoms with Crippen molar-refractivity contribution >= 4 is 5.78 Å². The van der Waals surface area contributed by atoms with E-state index in [2.05, 4.69) is 0 Å². The molecule has 3 unspecified atom stereocenters. The van der Waals surface area contributed by atoms with Gasteiger partial charge < -0.3 is 24.4 Å². The molecule has 0 aromatic carbocycles. The third kappa shape index (κ3) is 2.53. The van der Waals surface area contributed by atoms with Crippen molar-refractivity contribution in [3.8, 4) is 0 Å². The Hall–Kier alpha value is -0.530. The lowest BCUT2D eigenvalue weighted by molar-refractivity contribution is -0.136. The molecular weight excluding hydrogens is 204 g/mol. The minimum Gasteiger partial charge on any atom is -0.393 e. The molecule has 2 aliphatic heterocycles. The maximum atomic E-state index is 11.5. The molecule has 0 radical (unpaired) electrons. The number of aliphatic hydroxyl groups is 2. The summed E-state index contributed by atoms with van der Waals surface area (Å²) in [6, 6.07) is 0. The van der Waals surface area contributed by atoms with Crippen molar-refractivity contribution in [2.24, 2.45) is 0 Å². The Bertz CT molecular complexity index is 245. The lowest BCUT2D eigenvalue weighted by Crippen LogP contribution is -2.40. The highest BCUT2D eigenvalue weighted by Gasteiger charge is 2.54. The van der Waals surface area contributed by atoms with Crippen LogP contribution in [-0.2, 0) is 19.0 Å². The molecule has 0 bridgehead atoms. The van der Waals surface area contributed by atoms with Crippen LogP contribution < -0.4 is 0 Å². The molecule has 6 nitrogen and oxygen atoms in total. The van der Waals surface area contributed by atoms with Gasteiger partial charge in [-0.15, -0.1) is 0 Å². The van der Waals surface area contributed by atoms with Gasteiger partial charge in [-0.3, -0.25) is 4.79 Å². The van der Waals surface area contributed by atoms with Gasteiger partial charge in [0.1, 0.15) is 12.2 Å². The highest BCUT2D eigenvalue weighted by molar-refractivity contribution is 5.93. The summed E-state index contributed by atoms with van der Waals surface area (Å²) < 4.78 is 15.2. The van der Waals surface area contributed by atoms with E-state index in [9.17, 15) is 4.79 Å². The third-order valence-electron chi connectivity index (χ3n) is 2.46. The maximum absolute atomic E-state index is 11.5. The van der Waals surface area contributed by atoms with Crippen LogP contribution in [0.5, 0.6) is 0 Å². The summed E-state index contributed by atoms with van der Waals surface area (Å²) in [6.45, 7) is 0.904. The Kier molecular flexibility index (Phi) is 3.03. The highest BCUT2D eigenvalue weighted by atomic mass is 16.6. The molecular formula is C9H14O6. The van der Waals surface area contributed by atoms with Crippen LogP contribution in [0, 0.1) is 0 Å². The molecule has 0 saturated carbocycles. The van der Waals surface area contributed by atoms with E-state index in [1.165, 1.54) is 0 Å². The Balaban J connectivity index is 1.75. The van der Waals surface area contributed by atoms with E-state index < -0.39 is 24.1 Å².